The van der Waals surface area contributed by atoms with E-state index in [4.69, 9.17) is 10.5 Å². The van der Waals surface area contributed by atoms with E-state index in [1.54, 1.807) is 0 Å². The molecule has 1 aromatic carbocycles. The number of aliphatic imine (C=N–C) groups is 2. The highest BCUT2D eigenvalue weighted by Gasteiger charge is 2.21. The van der Waals surface area contributed by atoms with E-state index in [-0.39, 0.29) is 12.0 Å². The van der Waals surface area contributed by atoms with Crippen molar-refractivity contribution < 1.29 is 4.74 Å². The summed E-state index contributed by atoms with van der Waals surface area (Å²) in [5.74, 6) is 1.68. The molecular formula is C18H26N4O. The highest BCUT2D eigenvalue weighted by molar-refractivity contribution is 5.95. The third-order valence-corrected chi connectivity index (χ3v) is 3.71. The van der Waals surface area contributed by atoms with Gasteiger partial charge >= 0.3 is 0 Å². The van der Waals surface area contributed by atoms with Crippen molar-refractivity contribution in [3.63, 3.8) is 0 Å². The van der Waals surface area contributed by atoms with Crippen LogP contribution in [0.1, 0.15) is 50.3 Å². The van der Waals surface area contributed by atoms with E-state index in [1.165, 1.54) is 5.56 Å². The van der Waals surface area contributed by atoms with Crippen LogP contribution < -0.4 is 15.8 Å². The summed E-state index contributed by atoms with van der Waals surface area (Å²) in [6.45, 7) is 10.8. The molecule has 2 rings (SSSR count). The molecule has 1 aliphatic rings. The molecule has 3 N–H and O–H groups in total. The number of fused-ring (bicyclic) bond motifs is 1. The van der Waals surface area contributed by atoms with Gasteiger partial charge in [-0.05, 0) is 26.3 Å². The van der Waals surface area contributed by atoms with Gasteiger partial charge in [0, 0.05) is 17.7 Å². The van der Waals surface area contributed by atoms with Crippen molar-refractivity contribution in [2.75, 3.05) is 6.61 Å². The van der Waals surface area contributed by atoms with Crippen LogP contribution in [0.25, 0.3) is 0 Å². The van der Waals surface area contributed by atoms with Crippen LogP contribution in [0, 0.1) is 6.92 Å². The molecule has 0 bridgehead atoms. The fourth-order valence-corrected chi connectivity index (χ4v) is 2.67. The van der Waals surface area contributed by atoms with E-state index < -0.39 is 0 Å². The second-order valence-corrected chi connectivity index (χ2v) is 5.89. The Morgan fingerprint density at radius 3 is 2.96 bits per heavy atom. The van der Waals surface area contributed by atoms with E-state index in [9.17, 15) is 0 Å². The fraction of sp³-hybridized carbons (Fsp3) is 0.444. The summed E-state index contributed by atoms with van der Waals surface area (Å²) < 4.78 is 5.70. The normalized spacial score (nSPS) is 18.1. The van der Waals surface area contributed by atoms with Crippen molar-refractivity contribution in [2.45, 2.75) is 46.1 Å². The first-order valence-electron chi connectivity index (χ1n) is 8.06. The summed E-state index contributed by atoms with van der Waals surface area (Å²) in [6.07, 6.45) is 2.83. The molecule has 1 heterocycles. The summed E-state index contributed by atoms with van der Waals surface area (Å²) >= 11 is 0. The SMILES string of the molecule is C=C(/N=C(N)\N=C(/C)CCC)NC1CCOc2ccc(C)cc21. The Hall–Kier alpha value is -2.30. The van der Waals surface area contributed by atoms with Gasteiger partial charge in [-0.3, -0.25) is 0 Å². The van der Waals surface area contributed by atoms with E-state index in [0.717, 1.165) is 36.3 Å². The Labute approximate surface area is 138 Å². The quantitative estimate of drug-likeness (QED) is 0.646. The number of rotatable bonds is 5. The standard InChI is InChI=1S/C18H26N4O/c1-5-6-13(3)20-18(19)22-14(4)21-16-9-10-23-17-8-7-12(2)11-15(16)17/h7-8,11,16,21H,4-6,9-10H2,1-3H3,(H2,19,22)/b20-13+. The molecule has 124 valence electrons. The molecule has 0 saturated carbocycles. The van der Waals surface area contributed by atoms with E-state index >= 15 is 0 Å². The van der Waals surface area contributed by atoms with E-state index in [2.05, 4.69) is 47.9 Å². The molecule has 0 aromatic heterocycles. The second kappa shape index (κ2) is 7.81. The molecule has 5 nitrogen and oxygen atoms in total. The molecule has 0 radical (unpaired) electrons. The van der Waals surface area contributed by atoms with Gasteiger partial charge in [0.05, 0.1) is 12.6 Å². The minimum Gasteiger partial charge on any atom is -0.493 e. The molecule has 1 aliphatic heterocycles. The first kappa shape index (κ1) is 17.1. The largest absolute Gasteiger partial charge is 0.493 e. The lowest BCUT2D eigenvalue weighted by Gasteiger charge is -2.27. The van der Waals surface area contributed by atoms with Crippen molar-refractivity contribution in [2.24, 2.45) is 15.7 Å². The zero-order valence-electron chi connectivity index (χ0n) is 14.2. The molecule has 0 spiro atoms. The lowest BCUT2D eigenvalue weighted by molar-refractivity contribution is 0.258. The Bertz CT molecular complexity index is 634. The van der Waals surface area contributed by atoms with Crippen molar-refractivity contribution in [1.29, 1.82) is 0 Å². The number of hydrogen-bond acceptors (Lipinski definition) is 3. The van der Waals surface area contributed by atoms with Gasteiger partial charge in [0.1, 0.15) is 11.6 Å². The number of benzene rings is 1. The number of nitrogens with two attached hydrogens (primary N) is 1. The van der Waals surface area contributed by atoms with Gasteiger partial charge in [-0.25, -0.2) is 4.99 Å². The minimum atomic E-state index is 0.128. The van der Waals surface area contributed by atoms with Crippen LogP contribution in [0.15, 0.2) is 40.6 Å². The van der Waals surface area contributed by atoms with Gasteiger partial charge in [-0.1, -0.05) is 37.6 Å². The Morgan fingerprint density at radius 1 is 1.43 bits per heavy atom. The molecule has 1 atom stereocenters. The molecule has 5 heteroatoms. The highest BCUT2D eigenvalue weighted by atomic mass is 16.5. The topological polar surface area (TPSA) is 72.0 Å². The first-order valence-corrected chi connectivity index (χ1v) is 8.06. The predicted octanol–water partition coefficient (Wildman–Crippen LogP) is 3.46. The second-order valence-electron chi connectivity index (χ2n) is 5.89. The third kappa shape index (κ3) is 4.84. The maximum Gasteiger partial charge on any atom is 0.221 e. The highest BCUT2D eigenvalue weighted by Crippen LogP contribution is 2.33. The molecule has 1 aromatic rings. The van der Waals surface area contributed by atoms with Crippen LogP contribution >= 0.6 is 0 Å². The van der Waals surface area contributed by atoms with Crippen LogP contribution in [0.2, 0.25) is 0 Å². The number of guanidine groups is 1. The minimum absolute atomic E-state index is 0.128. The van der Waals surface area contributed by atoms with Crippen molar-refractivity contribution in [3.8, 4) is 5.75 Å². The van der Waals surface area contributed by atoms with Gasteiger partial charge in [0.15, 0.2) is 0 Å². The summed E-state index contributed by atoms with van der Waals surface area (Å²) in [4.78, 5) is 8.53. The van der Waals surface area contributed by atoms with E-state index in [1.807, 2.05) is 13.0 Å². The lowest BCUT2D eigenvalue weighted by Crippen LogP contribution is -2.26. The number of nitrogens with zero attached hydrogens (tertiary/aromatic N) is 2. The predicted molar refractivity (Wildman–Crippen MR) is 95.9 cm³/mol. The van der Waals surface area contributed by atoms with Crippen LogP contribution in [-0.4, -0.2) is 18.3 Å². The van der Waals surface area contributed by atoms with Gasteiger partial charge in [-0.15, -0.1) is 0 Å². The Kier molecular flexibility index (Phi) is 5.79. The van der Waals surface area contributed by atoms with Crippen LogP contribution in [-0.2, 0) is 0 Å². The Morgan fingerprint density at radius 2 is 2.22 bits per heavy atom. The maximum atomic E-state index is 5.87. The molecule has 0 aliphatic carbocycles. The maximum absolute atomic E-state index is 5.87. The average Bonchev–Trinajstić information content (AvgIpc) is 2.47. The average molecular weight is 314 g/mol. The molecular weight excluding hydrogens is 288 g/mol. The van der Waals surface area contributed by atoms with Crippen molar-refractivity contribution >= 4 is 11.7 Å². The fourth-order valence-electron chi connectivity index (χ4n) is 2.67. The summed E-state index contributed by atoms with van der Waals surface area (Å²) in [5.41, 5.74) is 9.19. The molecule has 0 fully saturated rings. The Balaban J connectivity index is 2.07. The van der Waals surface area contributed by atoms with Crippen molar-refractivity contribution in [1.82, 2.24) is 5.32 Å². The summed E-state index contributed by atoms with van der Waals surface area (Å²) in [7, 11) is 0. The number of nitrogens with one attached hydrogen (secondary N) is 1. The lowest BCUT2D eigenvalue weighted by atomic mass is 9.98. The zero-order valence-corrected chi connectivity index (χ0v) is 14.2. The number of ether oxygens (including phenoxy) is 1. The van der Waals surface area contributed by atoms with E-state index in [0.29, 0.717) is 12.4 Å². The molecule has 0 saturated heterocycles. The molecule has 1 unspecified atom stereocenters. The van der Waals surface area contributed by atoms with Crippen LogP contribution in [0.5, 0.6) is 5.75 Å². The summed E-state index contributed by atoms with van der Waals surface area (Å²) in [6, 6.07) is 6.33. The van der Waals surface area contributed by atoms with Gasteiger partial charge < -0.3 is 15.8 Å². The van der Waals surface area contributed by atoms with Crippen molar-refractivity contribution in [3.05, 3.63) is 41.7 Å². The first-order chi connectivity index (χ1) is 11.0. The van der Waals surface area contributed by atoms with Gasteiger partial charge in [0.25, 0.3) is 0 Å². The molecule has 23 heavy (non-hydrogen) atoms. The summed E-state index contributed by atoms with van der Waals surface area (Å²) in [5, 5.41) is 3.33. The third-order valence-electron chi connectivity index (χ3n) is 3.71. The monoisotopic (exact) mass is 314 g/mol. The molecule has 0 amide bonds. The number of aryl methyl sites for hydroxylation is 1. The smallest absolute Gasteiger partial charge is 0.221 e. The van der Waals surface area contributed by atoms with Crippen LogP contribution in [0.4, 0.5) is 0 Å². The van der Waals surface area contributed by atoms with Gasteiger partial charge in [-0.2, -0.15) is 4.99 Å². The number of hydrogen-bond donors (Lipinski definition) is 2. The van der Waals surface area contributed by atoms with Gasteiger partial charge in [0.2, 0.25) is 5.96 Å². The zero-order chi connectivity index (χ0) is 16.8. The van der Waals surface area contributed by atoms with Crippen LogP contribution in [0.3, 0.4) is 0 Å².